The minimum Gasteiger partial charge on any atom is -0.444 e. The molecule has 1 saturated heterocycles. The van der Waals surface area contributed by atoms with E-state index in [-0.39, 0.29) is 0 Å². The molecule has 0 aliphatic carbocycles. The molecule has 3 atom stereocenters. The Morgan fingerprint density at radius 1 is 1.40 bits per heavy atom. The summed E-state index contributed by atoms with van der Waals surface area (Å²) in [5, 5.41) is 19.1. The molecule has 0 bridgehead atoms. The van der Waals surface area contributed by atoms with Gasteiger partial charge in [0.15, 0.2) is 5.60 Å². The molecule has 0 radical (unpaired) electrons. The van der Waals surface area contributed by atoms with Crippen molar-refractivity contribution in [3.05, 3.63) is 0 Å². The highest BCUT2D eigenvalue weighted by atomic mass is 19.4. The van der Waals surface area contributed by atoms with Crippen molar-refractivity contribution in [2.45, 2.75) is 51.1 Å². The molecule has 20 heavy (non-hydrogen) atoms. The zero-order valence-electron chi connectivity index (χ0n) is 11.9. The maximum absolute atomic E-state index is 13.0. The van der Waals surface area contributed by atoms with Gasteiger partial charge >= 0.3 is 12.3 Å². The van der Waals surface area contributed by atoms with Crippen molar-refractivity contribution in [1.82, 2.24) is 4.90 Å². The molecule has 0 saturated carbocycles. The van der Waals surface area contributed by atoms with Crippen LogP contribution in [0.25, 0.3) is 0 Å². The Kier molecular flexibility index (Phi) is 4.32. The third-order valence-corrected chi connectivity index (χ3v) is 3.45. The highest BCUT2D eigenvalue weighted by Gasteiger charge is 2.65. The SMILES string of the molecule is C[C@H]1[C@H](CO)N(C(=O)OC(C)(C)C)CC1(O)C(F)(F)F. The fraction of sp³-hybridized carbons (Fsp3) is 0.917. The number of alkyl halides is 3. The monoisotopic (exact) mass is 299 g/mol. The molecule has 0 aromatic carbocycles. The average molecular weight is 299 g/mol. The fourth-order valence-corrected chi connectivity index (χ4v) is 2.23. The maximum Gasteiger partial charge on any atom is 0.419 e. The highest BCUT2D eigenvalue weighted by Crippen LogP contribution is 2.44. The zero-order valence-corrected chi connectivity index (χ0v) is 11.9. The van der Waals surface area contributed by atoms with Gasteiger partial charge in [-0.1, -0.05) is 6.92 Å². The van der Waals surface area contributed by atoms with Gasteiger partial charge in [-0.2, -0.15) is 13.2 Å². The molecule has 1 amide bonds. The Balaban J connectivity index is 3.02. The molecule has 1 aliphatic heterocycles. The molecular weight excluding hydrogens is 279 g/mol. The van der Waals surface area contributed by atoms with Crippen molar-refractivity contribution in [3.63, 3.8) is 0 Å². The number of aliphatic hydroxyl groups excluding tert-OH is 1. The van der Waals surface area contributed by atoms with E-state index in [9.17, 15) is 28.2 Å². The fourth-order valence-electron chi connectivity index (χ4n) is 2.23. The van der Waals surface area contributed by atoms with Crippen LogP contribution in [0.15, 0.2) is 0 Å². The lowest BCUT2D eigenvalue weighted by molar-refractivity contribution is -0.267. The minimum absolute atomic E-state index is 0.682. The van der Waals surface area contributed by atoms with Gasteiger partial charge in [-0.3, -0.25) is 4.90 Å². The Morgan fingerprint density at radius 3 is 2.25 bits per heavy atom. The molecule has 118 valence electrons. The maximum atomic E-state index is 13.0. The second-order valence-electron chi connectivity index (χ2n) is 6.07. The van der Waals surface area contributed by atoms with Gasteiger partial charge in [0.25, 0.3) is 0 Å². The standard InChI is InChI=1S/C12H20F3NO4/c1-7-8(5-17)16(9(18)20-10(2,3)4)6-11(7,19)12(13,14)15/h7-8,17,19H,5-6H2,1-4H3/t7-,8-,11?/m0/s1. The first kappa shape index (κ1) is 17.0. The van der Waals surface area contributed by atoms with Gasteiger partial charge in [0, 0.05) is 5.92 Å². The number of nitrogens with zero attached hydrogens (tertiary/aromatic N) is 1. The molecule has 1 unspecified atom stereocenters. The van der Waals surface area contributed by atoms with E-state index in [1.54, 1.807) is 20.8 Å². The van der Waals surface area contributed by atoms with Crippen molar-refractivity contribution in [3.8, 4) is 0 Å². The van der Waals surface area contributed by atoms with Crippen LogP contribution in [-0.4, -0.2) is 57.8 Å². The van der Waals surface area contributed by atoms with Crippen LogP contribution in [0.1, 0.15) is 27.7 Å². The lowest BCUT2D eigenvalue weighted by Gasteiger charge is -2.29. The molecule has 0 spiro atoms. The molecular formula is C12H20F3NO4. The van der Waals surface area contributed by atoms with Crippen LogP contribution in [0.4, 0.5) is 18.0 Å². The third-order valence-electron chi connectivity index (χ3n) is 3.45. The van der Waals surface area contributed by atoms with Crippen LogP contribution >= 0.6 is 0 Å². The molecule has 1 heterocycles. The summed E-state index contributed by atoms with van der Waals surface area (Å²) in [6.45, 7) is 4.26. The second-order valence-corrected chi connectivity index (χ2v) is 6.07. The lowest BCUT2D eigenvalue weighted by Crippen LogP contribution is -2.51. The number of halogens is 3. The minimum atomic E-state index is -4.89. The predicted octanol–water partition coefficient (Wildman–Crippen LogP) is 1.53. The number of aliphatic hydroxyl groups is 2. The Morgan fingerprint density at radius 2 is 1.90 bits per heavy atom. The van der Waals surface area contributed by atoms with Crippen LogP contribution < -0.4 is 0 Å². The third kappa shape index (κ3) is 3.01. The summed E-state index contributed by atoms with van der Waals surface area (Å²) < 4.78 is 43.9. The lowest BCUT2D eigenvalue weighted by atomic mass is 9.88. The predicted molar refractivity (Wildman–Crippen MR) is 64.0 cm³/mol. The summed E-state index contributed by atoms with van der Waals surface area (Å²) >= 11 is 0. The summed E-state index contributed by atoms with van der Waals surface area (Å²) in [7, 11) is 0. The number of hydrogen-bond donors (Lipinski definition) is 2. The summed E-state index contributed by atoms with van der Waals surface area (Å²) in [4.78, 5) is 12.6. The van der Waals surface area contributed by atoms with E-state index in [4.69, 9.17) is 4.74 Å². The van der Waals surface area contributed by atoms with E-state index in [2.05, 4.69) is 0 Å². The van der Waals surface area contributed by atoms with Crippen molar-refractivity contribution in [2.75, 3.05) is 13.2 Å². The zero-order chi connectivity index (χ0) is 15.9. The van der Waals surface area contributed by atoms with Crippen LogP contribution in [-0.2, 0) is 4.74 Å². The Hall–Kier alpha value is -1.02. The van der Waals surface area contributed by atoms with Gasteiger partial charge in [-0.15, -0.1) is 0 Å². The number of carbonyl (C=O) groups is 1. The number of hydrogen-bond acceptors (Lipinski definition) is 4. The highest BCUT2D eigenvalue weighted by molar-refractivity contribution is 5.69. The number of likely N-dealkylation sites (tertiary alicyclic amines) is 1. The molecule has 8 heteroatoms. The number of ether oxygens (including phenoxy) is 1. The molecule has 0 aromatic heterocycles. The molecule has 1 aliphatic rings. The summed E-state index contributed by atoms with van der Waals surface area (Å²) in [6, 6.07) is -1.14. The topological polar surface area (TPSA) is 70.0 Å². The van der Waals surface area contributed by atoms with E-state index in [0.29, 0.717) is 0 Å². The van der Waals surface area contributed by atoms with E-state index >= 15 is 0 Å². The Labute approximate surface area is 115 Å². The van der Waals surface area contributed by atoms with Crippen molar-refractivity contribution in [2.24, 2.45) is 5.92 Å². The van der Waals surface area contributed by atoms with Gasteiger partial charge in [0.2, 0.25) is 0 Å². The van der Waals surface area contributed by atoms with E-state index in [1.165, 1.54) is 0 Å². The number of β-amino-alcohol motifs (C(OH)–C–C–N with tert-alkyl or cyclic N) is 1. The van der Waals surface area contributed by atoms with Crippen LogP contribution in [0, 0.1) is 5.92 Å². The van der Waals surface area contributed by atoms with Crippen molar-refractivity contribution < 1.29 is 32.9 Å². The van der Waals surface area contributed by atoms with Gasteiger partial charge in [-0.25, -0.2) is 4.79 Å². The van der Waals surface area contributed by atoms with E-state index < -0.39 is 48.6 Å². The van der Waals surface area contributed by atoms with Crippen molar-refractivity contribution in [1.29, 1.82) is 0 Å². The van der Waals surface area contributed by atoms with Crippen molar-refractivity contribution >= 4 is 6.09 Å². The largest absolute Gasteiger partial charge is 0.444 e. The first-order valence-electron chi connectivity index (χ1n) is 6.23. The smallest absolute Gasteiger partial charge is 0.419 e. The second kappa shape index (κ2) is 5.07. The molecule has 2 N–H and O–H groups in total. The molecule has 5 nitrogen and oxygen atoms in total. The first-order valence-corrected chi connectivity index (χ1v) is 6.23. The van der Waals surface area contributed by atoms with Crippen LogP contribution in [0.5, 0.6) is 0 Å². The average Bonchev–Trinajstić information content (AvgIpc) is 2.49. The van der Waals surface area contributed by atoms with Gasteiger partial charge < -0.3 is 14.9 Å². The molecule has 0 aromatic rings. The number of amides is 1. The summed E-state index contributed by atoms with van der Waals surface area (Å²) in [5.74, 6) is -1.35. The number of carbonyl (C=O) groups excluding carboxylic acids is 1. The van der Waals surface area contributed by atoms with Gasteiger partial charge in [0.1, 0.15) is 5.60 Å². The first-order chi connectivity index (χ1) is 8.83. The van der Waals surface area contributed by atoms with Gasteiger partial charge in [0.05, 0.1) is 19.2 Å². The normalized spacial score (nSPS) is 31.6. The summed E-state index contributed by atoms with van der Waals surface area (Å²) in [6.07, 6.45) is -5.88. The molecule has 1 rings (SSSR count). The van der Waals surface area contributed by atoms with E-state index in [1.807, 2.05) is 0 Å². The molecule has 1 fully saturated rings. The number of rotatable bonds is 1. The van der Waals surface area contributed by atoms with Crippen LogP contribution in [0.3, 0.4) is 0 Å². The summed E-state index contributed by atoms with van der Waals surface area (Å²) in [5.41, 5.74) is -3.92. The Bertz CT molecular complexity index is 380. The van der Waals surface area contributed by atoms with Gasteiger partial charge in [-0.05, 0) is 20.8 Å². The van der Waals surface area contributed by atoms with E-state index in [0.717, 1.165) is 11.8 Å². The van der Waals surface area contributed by atoms with Crippen LogP contribution in [0.2, 0.25) is 0 Å². The quantitative estimate of drug-likeness (QED) is 0.770.